The summed E-state index contributed by atoms with van der Waals surface area (Å²) in [6.45, 7) is 2.94. The number of piperidine rings is 1. The van der Waals surface area contributed by atoms with E-state index in [0.717, 1.165) is 35.9 Å². The van der Waals surface area contributed by atoms with Crippen molar-refractivity contribution in [2.75, 3.05) is 13.7 Å². The van der Waals surface area contributed by atoms with Crippen LogP contribution in [0.4, 0.5) is 0 Å². The monoisotopic (exact) mass is 365 g/mol. The molecule has 2 aromatic heterocycles. The average Bonchev–Trinajstić information content (AvgIpc) is 2.96. The Hall–Kier alpha value is -1.21. The summed E-state index contributed by atoms with van der Waals surface area (Å²) in [4.78, 5) is 9.91. The minimum atomic E-state index is -0.279. The fourth-order valence-corrected chi connectivity index (χ4v) is 5.36. The van der Waals surface area contributed by atoms with Gasteiger partial charge in [0.05, 0.1) is 29.8 Å². The zero-order chi connectivity index (χ0) is 16.7. The van der Waals surface area contributed by atoms with Crippen molar-refractivity contribution in [2.45, 2.75) is 43.9 Å². The van der Waals surface area contributed by atoms with E-state index in [1.54, 1.807) is 24.6 Å². The van der Waals surface area contributed by atoms with Gasteiger partial charge in [-0.3, -0.25) is 0 Å². The van der Waals surface area contributed by atoms with Crippen LogP contribution in [0.5, 0.6) is 6.01 Å². The SMILES string of the molecule is COc1nccc([C@@H]2C[C@]3(C[C@H](C)N2)OCCc2cc(Cl)sc23)n1. The van der Waals surface area contributed by atoms with Crippen LogP contribution in [0.2, 0.25) is 4.34 Å². The third-order valence-electron chi connectivity index (χ3n) is 4.79. The molecule has 0 radical (unpaired) electrons. The number of fused-ring (bicyclic) bond motifs is 2. The van der Waals surface area contributed by atoms with Gasteiger partial charge >= 0.3 is 6.01 Å². The average molecular weight is 366 g/mol. The van der Waals surface area contributed by atoms with Crippen molar-refractivity contribution >= 4 is 22.9 Å². The lowest BCUT2D eigenvalue weighted by Crippen LogP contribution is -2.49. The first-order valence-electron chi connectivity index (χ1n) is 8.15. The molecule has 128 valence electrons. The summed E-state index contributed by atoms with van der Waals surface area (Å²) < 4.78 is 12.4. The summed E-state index contributed by atoms with van der Waals surface area (Å²) in [5.41, 5.74) is 1.99. The Morgan fingerprint density at radius 1 is 1.46 bits per heavy atom. The molecule has 2 aromatic rings. The first-order chi connectivity index (χ1) is 11.6. The molecule has 7 heteroatoms. The maximum absolute atomic E-state index is 6.36. The van der Waals surface area contributed by atoms with E-state index in [-0.39, 0.29) is 11.6 Å². The number of ether oxygens (including phenoxy) is 2. The van der Waals surface area contributed by atoms with Crippen LogP contribution >= 0.6 is 22.9 Å². The van der Waals surface area contributed by atoms with Crippen LogP contribution in [0, 0.1) is 0 Å². The lowest BCUT2D eigenvalue weighted by molar-refractivity contribution is -0.0958. The minimum Gasteiger partial charge on any atom is -0.467 e. The summed E-state index contributed by atoms with van der Waals surface area (Å²) in [7, 11) is 1.59. The topological polar surface area (TPSA) is 56.3 Å². The zero-order valence-electron chi connectivity index (χ0n) is 13.7. The molecule has 0 amide bonds. The van der Waals surface area contributed by atoms with Gasteiger partial charge in [-0.05, 0) is 37.5 Å². The van der Waals surface area contributed by atoms with Gasteiger partial charge < -0.3 is 14.8 Å². The van der Waals surface area contributed by atoms with E-state index in [2.05, 4.69) is 28.3 Å². The summed E-state index contributed by atoms with van der Waals surface area (Å²) >= 11 is 7.95. The van der Waals surface area contributed by atoms with E-state index >= 15 is 0 Å². The molecule has 2 aliphatic rings. The third-order valence-corrected chi connectivity index (χ3v) is 6.28. The molecule has 0 aromatic carbocycles. The van der Waals surface area contributed by atoms with Crippen LogP contribution < -0.4 is 10.1 Å². The molecule has 4 heterocycles. The molecule has 1 spiro atoms. The van der Waals surface area contributed by atoms with Crippen LogP contribution in [-0.4, -0.2) is 29.7 Å². The Morgan fingerprint density at radius 2 is 2.33 bits per heavy atom. The van der Waals surface area contributed by atoms with Gasteiger partial charge in [-0.25, -0.2) is 4.98 Å². The molecule has 1 fully saturated rings. The van der Waals surface area contributed by atoms with E-state index in [1.165, 1.54) is 10.4 Å². The predicted molar refractivity (Wildman–Crippen MR) is 93.8 cm³/mol. The second-order valence-electron chi connectivity index (χ2n) is 6.49. The highest BCUT2D eigenvalue weighted by atomic mass is 35.5. The van der Waals surface area contributed by atoms with Crippen molar-refractivity contribution in [2.24, 2.45) is 0 Å². The fourth-order valence-electron chi connectivity index (χ4n) is 3.90. The lowest BCUT2D eigenvalue weighted by atomic mass is 9.79. The standard InChI is InChI=1S/C17H20ClN3O2S/c1-10-8-17(15-11(4-6-23-17)7-14(18)24-15)9-13(20-10)12-3-5-19-16(21-12)22-2/h3,5,7,10,13,20H,4,6,8-9H2,1-2H3/t10-,13-,17-/m0/s1. The number of hydrogen-bond acceptors (Lipinski definition) is 6. The van der Waals surface area contributed by atoms with Gasteiger partial charge in [0.25, 0.3) is 0 Å². The van der Waals surface area contributed by atoms with Crippen molar-refractivity contribution in [3.63, 3.8) is 0 Å². The number of methoxy groups -OCH3 is 1. The van der Waals surface area contributed by atoms with Gasteiger partial charge in [-0.1, -0.05) is 11.6 Å². The van der Waals surface area contributed by atoms with E-state index in [4.69, 9.17) is 21.1 Å². The summed E-state index contributed by atoms with van der Waals surface area (Å²) in [6.07, 6.45) is 4.45. The molecule has 0 saturated carbocycles. The van der Waals surface area contributed by atoms with Gasteiger partial charge in [-0.2, -0.15) is 4.98 Å². The van der Waals surface area contributed by atoms with Crippen LogP contribution in [0.1, 0.15) is 41.9 Å². The molecule has 3 atom stereocenters. The molecule has 4 rings (SSSR count). The number of hydrogen-bond donors (Lipinski definition) is 1. The van der Waals surface area contributed by atoms with Crippen LogP contribution in [0.25, 0.3) is 0 Å². The van der Waals surface area contributed by atoms with Crippen molar-refractivity contribution in [3.8, 4) is 6.01 Å². The molecule has 1 N–H and O–H groups in total. The molecular weight excluding hydrogens is 346 g/mol. The third kappa shape index (κ3) is 2.81. The van der Waals surface area contributed by atoms with Gasteiger partial charge in [0, 0.05) is 23.5 Å². The molecule has 24 heavy (non-hydrogen) atoms. The lowest BCUT2D eigenvalue weighted by Gasteiger charge is -2.46. The fraction of sp³-hybridized carbons (Fsp3) is 0.529. The molecule has 5 nitrogen and oxygen atoms in total. The number of nitrogens with one attached hydrogen (secondary N) is 1. The Labute approximate surface area is 150 Å². The van der Waals surface area contributed by atoms with Crippen molar-refractivity contribution < 1.29 is 9.47 Å². The van der Waals surface area contributed by atoms with Crippen LogP contribution in [-0.2, 0) is 16.8 Å². The Bertz CT molecular complexity index is 753. The Kier molecular flexibility index (Phi) is 4.24. The highest BCUT2D eigenvalue weighted by molar-refractivity contribution is 7.16. The maximum atomic E-state index is 6.36. The molecular formula is C17H20ClN3O2S. The highest BCUT2D eigenvalue weighted by Crippen LogP contribution is 2.49. The van der Waals surface area contributed by atoms with Crippen molar-refractivity contribution in [3.05, 3.63) is 38.8 Å². The van der Waals surface area contributed by atoms with E-state index in [9.17, 15) is 0 Å². The minimum absolute atomic E-state index is 0.0949. The normalized spacial score (nSPS) is 29.5. The van der Waals surface area contributed by atoms with Crippen molar-refractivity contribution in [1.82, 2.24) is 15.3 Å². The molecule has 1 saturated heterocycles. The molecule has 2 aliphatic heterocycles. The first-order valence-corrected chi connectivity index (χ1v) is 9.35. The quantitative estimate of drug-likeness (QED) is 0.882. The van der Waals surface area contributed by atoms with Gasteiger partial charge in [0.2, 0.25) is 0 Å². The number of nitrogens with zero attached hydrogens (tertiary/aromatic N) is 2. The number of halogens is 1. The largest absolute Gasteiger partial charge is 0.467 e. The molecule has 0 unspecified atom stereocenters. The Morgan fingerprint density at radius 3 is 3.17 bits per heavy atom. The smallest absolute Gasteiger partial charge is 0.316 e. The zero-order valence-corrected chi connectivity index (χ0v) is 15.3. The maximum Gasteiger partial charge on any atom is 0.316 e. The highest BCUT2D eigenvalue weighted by Gasteiger charge is 2.46. The summed E-state index contributed by atoms with van der Waals surface area (Å²) in [5, 5.41) is 3.64. The first kappa shape index (κ1) is 16.3. The van der Waals surface area contributed by atoms with Gasteiger partial charge in [0.15, 0.2) is 0 Å². The number of aromatic nitrogens is 2. The number of thiophene rings is 1. The van der Waals surface area contributed by atoms with Crippen molar-refractivity contribution in [1.29, 1.82) is 0 Å². The Balaban J connectivity index is 1.71. The second kappa shape index (κ2) is 6.26. The van der Waals surface area contributed by atoms with E-state index in [1.807, 2.05) is 6.07 Å². The number of rotatable bonds is 2. The second-order valence-corrected chi connectivity index (χ2v) is 8.18. The molecule has 0 aliphatic carbocycles. The summed E-state index contributed by atoms with van der Waals surface area (Å²) in [6, 6.07) is 4.85. The summed E-state index contributed by atoms with van der Waals surface area (Å²) in [5.74, 6) is 0. The van der Waals surface area contributed by atoms with Crippen LogP contribution in [0.3, 0.4) is 0 Å². The molecule has 0 bridgehead atoms. The van der Waals surface area contributed by atoms with E-state index < -0.39 is 0 Å². The van der Waals surface area contributed by atoms with Gasteiger partial charge in [0.1, 0.15) is 5.60 Å². The van der Waals surface area contributed by atoms with Gasteiger partial charge in [-0.15, -0.1) is 11.3 Å². The van der Waals surface area contributed by atoms with Crippen LogP contribution in [0.15, 0.2) is 18.3 Å². The predicted octanol–water partition coefficient (Wildman–Crippen LogP) is 3.48. The van der Waals surface area contributed by atoms with E-state index in [0.29, 0.717) is 12.1 Å².